The van der Waals surface area contributed by atoms with Crippen LogP contribution in [0.5, 0.6) is 0 Å². The van der Waals surface area contributed by atoms with Crippen LogP contribution >= 0.6 is 0 Å². The molecule has 0 spiro atoms. The number of rotatable bonds is 2. The predicted molar refractivity (Wildman–Crippen MR) is 57.3 cm³/mol. The molecule has 0 bridgehead atoms. The topological polar surface area (TPSA) is 0 Å². The highest BCUT2D eigenvalue weighted by molar-refractivity contribution is 5.50. The fraction of sp³-hybridized carbons (Fsp3) is 0.231. The van der Waals surface area contributed by atoms with E-state index in [9.17, 15) is 0 Å². The molecule has 0 saturated carbocycles. The Morgan fingerprint density at radius 2 is 2.00 bits per heavy atom. The van der Waals surface area contributed by atoms with Gasteiger partial charge in [0.15, 0.2) is 0 Å². The molecule has 0 heterocycles. The first-order valence-corrected chi connectivity index (χ1v) is 4.58. The van der Waals surface area contributed by atoms with Crippen LogP contribution in [-0.2, 0) is 0 Å². The lowest BCUT2D eigenvalue weighted by Gasteiger charge is -2.13. The Morgan fingerprint density at radius 1 is 1.38 bits per heavy atom. The second kappa shape index (κ2) is 2.59. The molecule has 0 heteroatoms. The van der Waals surface area contributed by atoms with Crippen molar-refractivity contribution < 1.29 is 0 Å². The van der Waals surface area contributed by atoms with Crippen molar-refractivity contribution in [3.8, 4) is 0 Å². The molecule has 2 rings (SSSR count). The number of allylic oxidation sites excluding steroid dienone is 8. The zero-order valence-electron chi connectivity index (χ0n) is 7.96. The van der Waals surface area contributed by atoms with E-state index < -0.39 is 0 Å². The van der Waals surface area contributed by atoms with E-state index in [1.165, 1.54) is 5.57 Å². The maximum absolute atomic E-state index is 3.87. The van der Waals surface area contributed by atoms with E-state index >= 15 is 0 Å². The third kappa shape index (κ3) is 1.33. The van der Waals surface area contributed by atoms with Crippen LogP contribution in [0.2, 0.25) is 0 Å². The van der Waals surface area contributed by atoms with Gasteiger partial charge in [0.1, 0.15) is 0 Å². The monoisotopic (exact) mass is 170 g/mol. The first-order valence-electron chi connectivity index (χ1n) is 4.58. The molecule has 13 heavy (non-hydrogen) atoms. The fourth-order valence-corrected chi connectivity index (χ4v) is 1.70. The van der Waals surface area contributed by atoms with E-state index in [1.54, 1.807) is 0 Å². The molecule has 0 saturated heterocycles. The average Bonchev–Trinajstić information content (AvgIpc) is 2.81. The summed E-state index contributed by atoms with van der Waals surface area (Å²) in [6.07, 6.45) is 12.8. The van der Waals surface area contributed by atoms with Gasteiger partial charge in [0.05, 0.1) is 0 Å². The number of hydrogen-bond donors (Lipinski definition) is 0. The van der Waals surface area contributed by atoms with Gasteiger partial charge >= 0.3 is 0 Å². The normalized spacial score (nSPS) is 31.8. The summed E-state index contributed by atoms with van der Waals surface area (Å²) in [6.45, 7) is 9.90. The van der Waals surface area contributed by atoms with Crippen molar-refractivity contribution in [2.45, 2.75) is 6.92 Å². The van der Waals surface area contributed by atoms with Crippen LogP contribution in [0, 0.1) is 11.3 Å². The summed E-state index contributed by atoms with van der Waals surface area (Å²) in [5, 5.41) is 0. The molecule has 0 aliphatic heterocycles. The molecule has 0 aromatic carbocycles. The second-order valence-corrected chi connectivity index (χ2v) is 3.91. The summed E-state index contributed by atoms with van der Waals surface area (Å²) in [4.78, 5) is 0. The van der Waals surface area contributed by atoms with Gasteiger partial charge < -0.3 is 0 Å². The lowest BCUT2D eigenvalue weighted by atomic mass is 9.91. The van der Waals surface area contributed by atoms with Crippen LogP contribution in [0.1, 0.15) is 6.92 Å². The van der Waals surface area contributed by atoms with E-state index in [0.29, 0.717) is 5.92 Å². The molecule has 0 radical (unpaired) electrons. The standard InChI is InChI=1S/C13H14/c1-4-13(3)9-12(13)11-7-5-10(2)6-8-11/h4-9,11H,1-2H2,3H3. The van der Waals surface area contributed by atoms with Crippen molar-refractivity contribution in [1.29, 1.82) is 0 Å². The van der Waals surface area contributed by atoms with Crippen molar-refractivity contribution in [2.24, 2.45) is 11.3 Å². The Kier molecular flexibility index (Phi) is 1.66. The minimum Gasteiger partial charge on any atom is -0.102 e. The zero-order valence-corrected chi connectivity index (χ0v) is 7.96. The maximum atomic E-state index is 3.87. The molecule has 0 aromatic heterocycles. The van der Waals surface area contributed by atoms with Gasteiger partial charge in [-0.15, -0.1) is 6.58 Å². The maximum Gasteiger partial charge on any atom is 0.0253 e. The molecule has 1 unspecified atom stereocenters. The van der Waals surface area contributed by atoms with E-state index in [0.717, 1.165) is 5.57 Å². The molecule has 0 nitrogen and oxygen atoms in total. The van der Waals surface area contributed by atoms with Crippen LogP contribution in [0.25, 0.3) is 0 Å². The first kappa shape index (κ1) is 8.31. The van der Waals surface area contributed by atoms with E-state index in [2.05, 4.69) is 50.5 Å². The Hall–Kier alpha value is -1.30. The van der Waals surface area contributed by atoms with Crippen molar-refractivity contribution in [2.75, 3.05) is 0 Å². The summed E-state index contributed by atoms with van der Waals surface area (Å²) in [5.74, 6) is 0.466. The van der Waals surface area contributed by atoms with Gasteiger partial charge in [0.2, 0.25) is 0 Å². The van der Waals surface area contributed by atoms with Gasteiger partial charge in [-0.2, -0.15) is 0 Å². The van der Waals surface area contributed by atoms with Gasteiger partial charge in [0, 0.05) is 11.3 Å². The highest BCUT2D eigenvalue weighted by Crippen LogP contribution is 2.50. The van der Waals surface area contributed by atoms with Crippen LogP contribution in [-0.4, -0.2) is 0 Å². The molecule has 0 aromatic rings. The molecular weight excluding hydrogens is 156 g/mol. The molecule has 2 aliphatic carbocycles. The summed E-state index contributed by atoms with van der Waals surface area (Å²) in [7, 11) is 0. The Balaban J connectivity index is 2.11. The molecular formula is C13H14. The summed E-state index contributed by atoms with van der Waals surface area (Å²) < 4.78 is 0. The van der Waals surface area contributed by atoms with E-state index in [-0.39, 0.29) is 5.41 Å². The Bertz CT molecular complexity index is 336. The third-order valence-electron chi connectivity index (χ3n) is 2.81. The number of hydrogen-bond acceptors (Lipinski definition) is 0. The van der Waals surface area contributed by atoms with Crippen LogP contribution in [0.4, 0.5) is 0 Å². The van der Waals surface area contributed by atoms with Gasteiger partial charge in [-0.05, 0) is 18.1 Å². The third-order valence-corrected chi connectivity index (χ3v) is 2.81. The Labute approximate surface area is 79.7 Å². The van der Waals surface area contributed by atoms with E-state index in [4.69, 9.17) is 0 Å². The minimum absolute atomic E-state index is 0.179. The highest BCUT2D eigenvalue weighted by atomic mass is 14.4. The first-order chi connectivity index (χ1) is 6.15. The fourth-order valence-electron chi connectivity index (χ4n) is 1.70. The second-order valence-electron chi connectivity index (χ2n) is 3.91. The van der Waals surface area contributed by atoms with Crippen LogP contribution < -0.4 is 0 Å². The quantitative estimate of drug-likeness (QED) is 0.557. The van der Waals surface area contributed by atoms with E-state index in [1.807, 2.05) is 6.08 Å². The lowest BCUT2D eigenvalue weighted by Crippen LogP contribution is -2.02. The molecule has 2 aliphatic rings. The highest BCUT2D eigenvalue weighted by Gasteiger charge is 2.38. The van der Waals surface area contributed by atoms with Crippen LogP contribution in [0.3, 0.4) is 0 Å². The predicted octanol–water partition coefficient (Wildman–Crippen LogP) is 3.42. The smallest absolute Gasteiger partial charge is 0.0253 e. The molecule has 0 fully saturated rings. The van der Waals surface area contributed by atoms with Crippen molar-refractivity contribution in [3.63, 3.8) is 0 Å². The minimum atomic E-state index is 0.179. The molecule has 0 N–H and O–H groups in total. The SMILES string of the molecule is C=CC1(C)C=C1C1C=CC(=C)C=C1. The molecule has 0 amide bonds. The van der Waals surface area contributed by atoms with Gasteiger partial charge in [0.25, 0.3) is 0 Å². The Morgan fingerprint density at radius 3 is 2.46 bits per heavy atom. The van der Waals surface area contributed by atoms with Crippen molar-refractivity contribution in [1.82, 2.24) is 0 Å². The van der Waals surface area contributed by atoms with Crippen LogP contribution in [0.15, 0.2) is 60.8 Å². The van der Waals surface area contributed by atoms with Crippen molar-refractivity contribution >= 4 is 0 Å². The summed E-state index contributed by atoms with van der Waals surface area (Å²) >= 11 is 0. The van der Waals surface area contributed by atoms with Gasteiger partial charge in [-0.25, -0.2) is 0 Å². The van der Waals surface area contributed by atoms with Gasteiger partial charge in [-0.3, -0.25) is 0 Å². The lowest BCUT2D eigenvalue weighted by molar-refractivity contribution is 0.743. The summed E-state index contributed by atoms with van der Waals surface area (Å²) in [6, 6.07) is 0. The average molecular weight is 170 g/mol. The van der Waals surface area contributed by atoms with Gasteiger partial charge in [-0.1, -0.05) is 43.0 Å². The molecule has 1 atom stereocenters. The molecule has 66 valence electrons. The zero-order chi connectivity index (χ0) is 9.47. The summed E-state index contributed by atoms with van der Waals surface area (Å²) in [5.41, 5.74) is 2.72. The van der Waals surface area contributed by atoms with Crippen molar-refractivity contribution in [3.05, 3.63) is 60.8 Å². The largest absolute Gasteiger partial charge is 0.102 e.